The van der Waals surface area contributed by atoms with E-state index < -0.39 is 0 Å². The van der Waals surface area contributed by atoms with Gasteiger partial charge in [0.05, 0.1) is 17.1 Å². The van der Waals surface area contributed by atoms with Crippen molar-refractivity contribution in [2.75, 3.05) is 13.7 Å². The SMILES string of the molecule is COc1cc2c(cc1Br)c(CCN)cn2C. The number of ether oxygens (including phenoxy) is 1. The molecule has 2 rings (SSSR count). The van der Waals surface area contributed by atoms with Crippen LogP contribution in [0.1, 0.15) is 5.56 Å². The predicted molar refractivity (Wildman–Crippen MR) is 69.9 cm³/mol. The van der Waals surface area contributed by atoms with E-state index in [1.54, 1.807) is 7.11 Å². The number of aromatic nitrogens is 1. The number of hydrogen-bond acceptors (Lipinski definition) is 2. The average Bonchev–Trinajstić information content (AvgIpc) is 2.55. The summed E-state index contributed by atoms with van der Waals surface area (Å²) < 4.78 is 8.38. The number of methoxy groups -OCH3 is 1. The monoisotopic (exact) mass is 282 g/mol. The molecule has 0 atom stereocenters. The van der Waals surface area contributed by atoms with E-state index in [2.05, 4.69) is 32.8 Å². The summed E-state index contributed by atoms with van der Waals surface area (Å²) in [5.41, 5.74) is 8.06. The van der Waals surface area contributed by atoms with Crippen LogP contribution in [0.5, 0.6) is 5.75 Å². The van der Waals surface area contributed by atoms with Crippen molar-refractivity contribution in [2.45, 2.75) is 6.42 Å². The Labute approximate surface area is 103 Å². The van der Waals surface area contributed by atoms with E-state index >= 15 is 0 Å². The van der Waals surface area contributed by atoms with Crippen LogP contribution in [0.15, 0.2) is 22.8 Å². The predicted octanol–water partition coefficient (Wildman–Crippen LogP) is 2.45. The fourth-order valence-electron chi connectivity index (χ4n) is 1.98. The number of nitrogens with zero attached hydrogens (tertiary/aromatic N) is 1. The zero-order valence-corrected chi connectivity index (χ0v) is 11.0. The zero-order chi connectivity index (χ0) is 11.7. The largest absolute Gasteiger partial charge is 0.495 e. The van der Waals surface area contributed by atoms with Gasteiger partial charge in [-0.3, -0.25) is 0 Å². The van der Waals surface area contributed by atoms with Gasteiger partial charge in [-0.05, 0) is 40.5 Å². The molecule has 3 nitrogen and oxygen atoms in total. The Balaban J connectivity index is 2.66. The summed E-state index contributed by atoms with van der Waals surface area (Å²) in [7, 11) is 3.71. The van der Waals surface area contributed by atoms with Gasteiger partial charge in [0.1, 0.15) is 5.75 Å². The molecule has 4 heteroatoms. The van der Waals surface area contributed by atoms with Gasteiger partial charge < -0.3 is 15.0 Å². The minimum atomic E-state index is 0.669. The normalized spacial score (nSPS) is 11.0. The quantitative estimate of drug-likeness (QED) is 0.940. The summed E-state index contributed by atoms with van der Waals surface area (Å²) >= 11 is 3.51. The average molecular weight is 283 g/mol. The van der Waals surface area contributed by atoms with Crippen molar-refractivity contribution in [1.82, 2.24) is 4.57 Å². The van der Waals surface area contributed by atoms with Crippen LogP contribution in [0.2, 0.25) is 0 Å². The van der Waals surface area contributed by atoms with Crippen LogP contribution in [0, 0.1) is 0 Å². The molecule has 0 aliphatic heterocycles. The molecule has 0 saturated carbocycles. The molecule has 0 unspecified atom stereocenters. The lowest BCUT2D eigenvalue weighted by Crippen LogP contribution is -2.01. The first-order valence-corrected chi connectivity index (χ1v) is 5.98. The smallest absolute Gasteiger partial charge is 0.135 e. The van der Waals surface area contributed by atoms with E-state index in [-0.39, 0.29) is 0 Å². The van der Waals surface area contributed by atoms with E-state index in [1.807, 2.05) is 13.1 Å². The van der Waals surface area contributed by atoms with Crippen molar-refractivity contribution in [1.29, 1.82) is 0 Å². The Hall–Kier alpha value is -1.00. The molecule has 1 aromatic carbocycles. The molecule has 2 aromatic rings. The molecule has 0 radical (unpaired) electrons. The minimum absolute atomic E-state index is 0.669. The molecule has 2 N–H and O–H groups in total. The highest BCUT2D eigenvalue weighted by atomic mass is 79.9. The Kier molecular flexibility index (Phi) is 3.21. The maximum atomic E-state index is 5.61. The van der Waals surface area contributed by atoms with Gasteiger partial charge in [0.2, 0.25) is 0 Å². The third kappa shape index (κ3) is 1.83. The zero-order valence-electron chi connectivity index (χ0n) is 9.46. The lowest BCUT2D eigenvalue weighted by Gasteiger charge is -2.05. The van der Waals surface area contributed by atoms with Gasteiger partial charge in [-0.25, -0.2) is 0 Å². The highest BCUT2D eigenvalue weighted by Crippen LogP contribution is 2.32. The van der Waals surface area contributed by atoms with Gasteiger partial charge in [0, 0.05) is 24.7 Å². The summed E-state index contributed by atoms with van der Waals surface area (Å²) in [6.07, 6.45) is 3.03. The van der Waals surface area contributed by atoms with Gasteiger partial charge in [-0.2, -0.15) is 0 Å². The van der Waals surface area contributed by atoms with Crippen molar-refractivity contribution >= 4 is 26.8 Å². The van der Waals surface area contributed by atoms with Crippen LogP contribution >= 0.6 is 15.9 Å². The molecule has 0 aliphatic carbocycles. The second-order valence-electron chi connectivity index (χ2n) is 3.81. The second kappa shape index (κ2) is 4.47. The molecular weight excluding hydrogens is 268 g/mol. The van der Waals surface area contributed by atoms with E-state index in [9.17, 15) is 0 Å². The molecule has 16 heavy (non-hydrogen) atoms. The van der Waals surface area contributed by atoms with Crippen molar-refractivity contribution in [3.63, 3.8) is 0 Å². The molecule has 86 valence electrons. The number of hydrogen-bond donors (Lipinski definition) is 1. The molecule has 1 heterocycles. The highest BCUT2D eigenvalue weighted by Gasteiger charge is 2.10. The Morgan fingerprint density at radius 1 is 1.44 bits per heavy atom. The maximum Gasteiger partial charge on any atom is 0.135 e. The Bertz CT molecular complexity index is 519. The molecule has 0 bridgehead atoms. The summed E-state index contributed by atoms with van der Waals surface area (Å²) in [6.45, 7) is 0.669. The van der Waals surface area contributed by atoms with E-state index in [1.165, 1.54) is 16.5 Å². The molecule has 0 fully saturated rings. The maximum absolute atomic E-state index is 5.61. The van der Waals surface area contributed by atoms with E-state index in [0.29, 0.717) is 6.54 Å². The molecule has 0 saturated heterocycles. The van der Waals surface area contributed by atoms with Crippen LogP contribution in [-0.2, 0) is 13.5 Å². The number of aryl methyl sites for hydroxylation is 1. The van der Waals surface area contributed by atoms with Crippen molar-refractivity contribution in [2.24, 2.45) is 12.8 Å². The first-order valence-electron chi connectivity index (χ1n) is 5.19. The summed E-state index contributed by atoms with van der Waals surface area (Å²) in [5, 5.41) is 1.24. The van der Waals surface area contributed by atoms with Crippen LogP contribution in [0.25, 0.3) is 10.9 Å². The van der Waals surface area contributed by atoms with Gasteiger partial charge in [-0.1, -0.05) is 0 Å². The molecule has 0 amide bonds. The topological polar surface area (TPSA) is 40.2 Å². The lowest BCUT2D eigenvalue weighted by molar-refractivity contribution is 0.412. The molecule has 1 aromatic heterocycles. The number of fused-ring (bicyclic) bond motifs is 1. The fourth-order valence-corrected chi connectivity index (χ4v) is 2.48. The first kappa shape index (κ1) is 11.5. The summed E-state index contributed by atoms with van der Waals surface area (Å²) in [4.78, 5) is 0. The Morgan fingerprint density at radius 3 is 2.81 bits per heavy atom. The van der Waals surface area contributed by atoms with Gasteiger partial charge in [0.15, 0.2) is 0 Å². The summed E-state index contributed by atoms with van der Waals surface area (Å²) in [6, 6.07) is 4.14. The van der Waals surface area contributed by atoms with Crippen LogP contribution < -0.4 is 10.5 Å². The second-order valence-corrected chi connectivity index (χ2v) is 4.66. The van der Waals surface area contributed by atoms with Gasteiger partial charge in [0.25, 0.3) is 0 Å². The molecule has 0 spiro atoms. The molecular formula is C12H15BrN2O. The van der Waals surface area contributed by atoms with Crippen molar-refractivity contribution < 1.29 is 4.74 Å². The number of nitrogens with two attached hydrogens (primary N) is 1. The standard InChI is InChI=1S/C12H15BrN2O/c1-15-7-8(3-4-14)9-5-10(13)12(16-2)6-11(9)15/h5-7H,3-4,14H2,1-2H3. The molecule has 0 aliphatic rings. The van der Waals surface area contributed by atoms with E-state index in [0.717, 1.165) is 16.6 Å². The lowest BCUT2D eigenvalue weighted by atomic mass is 10.1. The van der Waals surface area contributed by atoms with Crippen LogP contribution in [-0.4, -0.2) is 18.2 Å². The van der Waals surface area contributed by atoms with Gasteiger partial charge >= 0.3 is 0 Å². The number of rotatable bonds is 3. The van der Waals surface area contributed by atoms with E-state index in [4.69, 9.17) is 10.5 Å². The van der Waals surface area contributed by atoms with Crippen LogP contribution in [0.3, 0.4) is 0 Å². The van der Waals surface area contributed by atoms with Crippen molar-refractivity contribution in [3.8, 4) is 5.75 Å². The minimum Gasteiger partial charge on any atom is -0.495 e. The van der Waals surface area contributed by atoms with Crippen LogP contribution in [0.4, 0.5) is 0 Å². The highest BCUT2D eigenvalue weighted by molar-refractivity contribution is 9.10. The third-order valence-electron chi connectivity index (χ3n) is 2.76. The Morgan fingerprint density at radius 2 is 2.19 bits per heavy atom. The third-order valence-corrected chi connectivity index (χ3v) is 3.38. The van der Waals surface area contributed by atoms with Crippen molar-refractivity contribution in [3.05, 3.63) is 28.4 Å². The number of halogens is 1. The fraction of sp³-hybridized carbons (Fsp3) is 0.333. The van der Waals surface area contributed by atoms with Gasteiger partial charge in [-0.15, -0.1) is 0 Å². The summed E-state index contributed by atoms with van der Waals surface area (Å²) in [5.74, 6) is 0.855. The first-order chi connectivity index (χ1) is 7.67. The number of benzene rings is 1.